The Labute approximate surface area is 132 Å². The minimum atomic E-state index is -0.133. The highest BCUT2D eigenvalue weighted by Gasteiger charge is 2.16. The molecular weight excluding hydrogens is 302 g/mol. The summed E-state index contributed by atoms with van der Waals surface area (Å²) >= 11 is 3.20. The SMILES string of the molecule is CSc1cccc2sc(NC(=O)NC3CCCCC3)nc12. The van der Waals surface area contributed by atoms with Crippen LogP contribution < -0.4 is 10.6 Å². The van der Waals surface area contributed by atoms with Crippen molar-refractivity contribution in [2.45, 2.75) is 43.0 Å². The molecular formula is C15H19N3OS2. The number of carbonyl (C=O) groups excluding carboxylic acids is 1. The molecule has 2 aromatic rings. The van der Waals surface area contributed by atoms with E-state index in [0.717, 1.165) is 28.0 Å². The number of rotatable bonds is 3. The van der Waals surface area contributed by atoms with E-state index in [1.165, 1.54) is 30.6 Å². The molecule has 0 spiro atoms. The van der Waals surface area contributed by atoms with Crippen molar-refractivity contribution >= 4 is 44.5 Å². The summed E-state index contributed by atoms with van der Waals surface area (Å²) < 4.78 is 1.11. The molecule has 0 saturated heterocycles. The number of hydrogen-bond acceptors (Lipinski definition) is 4. The average molecular weight is 321 g/mol. The largest absolute Gasteiger partial charge is 0.335 e. The van der Waals surface area contributed by atoms with Crippen LogP contribution in [0.3, 0.4) is 0 Å². The number of hydrogen-bond donors (Lipinski definition) is 2. The van der Waals surface area contributed by atoms with Crippen LogP contribution >= 0.6 is 23.1 Å². The highest BCUT2D eigenvalue weighted by molar-refractivity contribution is 7.98. The molecule has 3 rings (SSSR count). The molecule has 1 aliphatic rings. The van der Waals surface area contributed by atoms with Crippen LogP contribution in [0.5, 0.6) is 0 Å². The molecule has 1 fully saturated rings. The van der Waals surface area contributed by atoms with Gasteiger partial charge < -0.3 is 5.32 Å². The molecule has 0 bridgehead atoms. The number of anilines is 1. The number of nitrogens with one attached hydrogen (secondary N) is 2. The third kappa shape index (κ3) is 3.49. The van der Waals surface area contributed by atoms with E-state index in [-0.39, 0.29) is 6.03 Å². The van der Waals surface area contributed by atoms with E-state index in [2.05, 4.69) is 21.7 Å². The Balaban J connectivity index is 1.68. The fraction of sp³-hybridized carbons (Fsp3) is 0.467. The Kier molecular flexibility index (Phi) is 4.65. The lowest BCUT2D eigenvalue weighted by molar-refractivity contribution is 0.244. The van der Waals surface area contributed by atoms with Crippen molar-refractivity contribution in [1.29, 1.82) is 0 Å². The molecule has 1 saturated carbocycles. The smallest absolute Gasteiger partial charge is 0.321 e. The third-order valence-electron chi connectivity index (χ3n) is 3.76. The van der Waals surface area contributed by atoms with Gasteiger partial charge in [-0.15, -0.1) is 11.8 Å². The molecule has 1 heterocycles. The molecule has 6 heteroatoms. The molecule has 0 aliphatic heterocycles. The van der Waals surface area contributed by atoms with Crippen LogP contribution in [0.2, 0.25) is 0 Å². The molecule has 1 aliphatic carbocycles. The van der Waals surface area contributed by atoms with E-state index < -0.39 is 0 Å². The fourth-order valence-electron chi connectivity index (χ4n) is 2.71. The third-order valence-corrected chi connectivity index (χ3v) is 5.47. The maximum atomic E-state index is 12.1. The van der Waals surface area contributed by atoms with Crippen LogP contribution in [0, 0.1) is 0 Å². The lowest BCUT2D eigenvalue weighted by Crippen LogP contribution is -2.38. The van der Waals surface area contributed by atoms with Crippen LogP contribution in [0.25, 0.3) is 10.2 Å². The van der Waals surface area contributed by atoms with E-state index in [0.29, 0.717) is 11.2 Å². The minimum absolute atomic E-state index is 0.133. The van der Waals surface area contributed by atoms with E-state index in [9.17, 15) is 4.79 Å². The van der Waals surface area contributed by atoms with Gasteiger partial charge in [0.2, 0.25) is 0 Å². The van der Waals surface area contributed by atoms with Gasteiger partial charge in [0.25, 0.3) is 0 Å². The second kappa shape index (κ2) is 6.66. The van der Waals surface area contributed by atoms with Crippen molar-refractivity contribution in [2.24, 2.45) is 0 Å². The quantitative estimate of drug-likeness (QED) is 0.820. The van der Waals surface area contributed by atoms with Gasteiger partial charge in [0.15, 0.2) is 5.13 Å². The van der Waals surface area contributed by atoms with Crippen molar-refractivity contribution in [1.82, 2.24) is 10.3 Å². The fourth-order valence-corrected chi connectivity index (χ4v) is 4.22. The second-order valence-electron chi connectivity index (χ2n) is 5.26. The monoisotopic (exact) mass is 321 g/mol. The molecule has 1 aromatic carbocycles. The Bertz CT molecular complexity index is 635. The second-order valence-corrected chi connectivity index (χ2v) is 7.14. The number of fused-ring (bicyclic) bond motifs is 1. The summed E-state index contributed by atoms with van der Waals surface area (Å²) in [6.45, 7) is 0. The highest BCUT2D eigenvalue weighted by Crippen LogP contribution is 2.32. The molecule has 0 unspecified atom stereocenters. The highest BCUT2D eigenvalue weighted by atomic mass is 32.2. The zero-order valence-corrected chi connectivity index (χ0v) is 13.6. The maximum Gasteiger partial charge on any atom is 0.321 e. The van der Waals surface area contributed by atoms with Crippen LogP contribution in [0.4, 0.5) is 9.93 Å². The van der Waals surface area contributed by atoms with Crippen LogP contribution in [-0.2, 0) is 0 Å². The maximum absolute atomic E-state index is 12.1. The number of benzene rings is 1. The number of carbonyl (C=O) groups is 1. The van der Waals surface area contributed by atoms with Crippen molar-refractivity contribution in [2.75, 3.05) is 11.6 Å². The van der Waals surface area contributed by atoms with Gasteiger partial charge in [-0.2, -0.15) is 0 Å². The number of para-hydroxylation sites is 1. The summed E-state index contributed by atoms with van der Waals surface area (Å²) in [6.07, 6.45) is 7.92. The first kappa shape index (κ1) is 14.7. The van der Waals surface area contributed by atoms with Crippen molar-refractivity contribution in [3.63, 3.8) is 0 Å². The summed E-state index contributed by atoms with van der Waals surface area (Å²) in [6, 6.07) is 6.30. The lowest BCUT2D eigenvalue weighted by atomic mass is 9.96. The Morgan fingerprint density at radius 2 is 2.14 bits per heavy atom. The normalized spacial score (nSPS) is 16.0. The predicted molar refractivity (Wildman–Crippen MR) is 90.4 cm³/mol. The standard InChI is InChI=1S/C15H19N3OS2/c1-20-11-8-5-9-12-13(11)17-15(21-12)18-14(19)16-10-6-3-2-4-7-10/h5,8-10H,2-4,6-7H2,1H3,(H2,16,17,18,19). The molecule has 112 valence electrons. The summed E-state index contributed by atoms with van der Waals surface area (Å²) in [5.41, 5.74) is 0.975. The summed E-state index contributed by atoms with van der Waals surface area (Å²) in [5.74, 6) is 0. The number of amides is 2. The first-order chi connectivity index (χ1) is 10.3. The first-order valence-electron chi connectivity index (χ1n) is 7.27. The van der Waals surface area contributed by atoms with E-state index in [4.69, 9.17) is 0 Å². The summed E-state index contributed by atoms with van der Waals surface area (Å²) in [5, 5.41) is 6.60. The van der Waals surface area contributed by atoms with Gasteiger partial charge >= 0.3 is 6.03 Å². The van der Waals surface area contributed by atoms with E-state index >= 15 is 0 Å². The lowest BCUT2D eigenvalue weighted by Gasteiger charge is -2.22. The van der Waals surface area contributed by atoms with Crippen molar-refractivity contribution in [3.05, 3.63) is 18.2 Å². The molecule has 2 N–H and O–H groups in total. The molecule has 1 aromatic heterocycles. The number of thiazole rings is 1. The predicted octanol–water partition coefficient (Wildman–Crippen LogP) is 4.47. The van der Waals surface area contributed by atoms with Gasteiger partial charge in [-0.1, -0.05) is 36.7 Å². The topological polar surface area (TPSA) is 54.0 Å². The van der Waals surface area contributed by atoms with Crippen LogP contribution in [0.1, 0.15) is 32.1 Å². The van der Waals surface area contributed by atoms with Crippen LogP contribution in [0.15, 0.2) is 23.1 Å². The van der Waals surface area contributed by atoms with Gasteiger partial charge in [0.05, 0.1) is 10.2 Å². The molecule has 21 heavy (non-hydrogen) atoms. The zero-order chi connectivity index (χ0) is 14.7. The van der Waals surface area contributed by atoms with E-state index in [1.54, 1.807) is 11.8 Å². The number of nitrogens with zero attached hydrogens (tertiary/aromatic N) is 1. The van der Waals surface area contributed by atoms with Gasteiger partial charge in [0, 0.05) is 10.9 Å². The molecule has 4 nitrogen and oxygen atoms in total. The average Bonchev–Trinajstić information content (AvgIpc) is 2.90. The minimum Gasteiger partial charge on any atom is -0.335 e. The summed E-state index contributed by atoms with van der Waals surface area (Å²) in [7, 11) is 0. The summed E-state index contributed by atoms with van der Waals surface area (Å²) in [4.78, 5) is 17.7. The number of urea groups is 1. The van der Waals surface area contributed by atoms with Crippen LogP contribution in [-0.4, -0.2) is 23.3 Å². The van der Waals surface area contributed by atoms with Crippen molar-refractivity contribution in [3.8, 4) is 0 Å². The number of thioether (sulfide) groups is 1. The molecule has 0 atom stereocenters. The zero-order valence-electron chi connectivity index (χ0n) is 12.0. The van der Waals surface area contributed by atoms with Crippen molar-refractivity contribution < 1.29 is 4.79 Å². The number of aromatic nitrogens is 1. The Hall–Kier alpha value is -1.27. The Morgan fingerprint density at radius 3 is 2.90 bits per heavy atom. The van der Waals surface area contributed by atoms with Gasteiger partial charge in [-0.05, 0) is 31.2 Å². The molecule has 2 amide bonds. The van der Waals surface area contributed by atoms with Gasteiger partial charge in [-0.3, -0.25) is 5.32 Å². The van der Waals surface area contributed by atoms with Gasteiger partial charge in [0.1, 0.15) is 0 Å². The first-order valence-corrected chi connectivity index (χ1v) is 9.31. The van der Waals surface area contributed by atoms with Gasteiger partial charge in [-0.25, -0.2) is 9.78 Å². The van der Waals surface area contributed by atoms with E-state index in [1.807, 2.05) is 18.4 Å². The Morgan fingerprint density at radius 1 is 1.33 bits per heavy atom. The molecule has 0 radical (unpaired) electrons.